The van der Waals surface area contributed by atoms with Crippen molar-refractivity contribution in [1.29, 1.82) is 0 Å². The smallest absolute Gasteiger partial charge is 0.141 e. The average molecular weight is 275 g/mol. The SMILES string of the molecule is CN(C)CCNC(C)(CO)c1ccc(F)c(Cl)c1. The lowest BCUT2D eigenvalue weighted by Crippen LogP contribution is -2.45. The minimum atomic E-state index is -0.618. The van der Waals surface area contributed by atoms with Gasteiger partial charge in [-0.15, -0.1) is 0 Å². The molecule has 0 aliphatic carbocycles. The second-order valence-corrected chi connectivity index (χ2v) is 5.26. The fourth-order valence-corrected chi connectivity index (χ4v) is 1.82. The number of aliphatic hydroxyl groups excluding tert-OH is 1. The lowest BCUT2D eigenvalue weighted by atomic mass is 9.93. The molecule has 5 heteroatoms. The fraction of sp³-hybridized carbons (Fsp3) is 0.538. The first kappa shape index (κ1) is 15.4. The molecular weight excluding hydrogens is 255 g/mol. The normalized spacial score (nSPS) is 14.8. The fourth-order valence-electron chi connectivity index (χ4n) is 1.64. The third-order valence-corrected chi connectivity index (χ3v) is 3.24. The van der Waals surface area contributed by atoms with Crippen molar-refractivity contribution in [2.24, 2.45) is 0 Å². The predicted molar refractivity (Wildman–Crippen MR) is 72.4 cm³/mol. The molecule has 1 unspecified atom stereocenters. The summed E-state index contributed by atoms with van der Waals surface area (Å²) in [6.45, 7) is 3.36. The lowest BCUT2D eigenvalue weighted by molar-refractivity contribution is 0.172. The quantitative estimate of drug-likeness (QED) is 0.831. The molecule has 0 aromatic heterocycles. The highest BCUT2D eigenvalue weighted by Gasteiger charge is 2.25. The van der Waals surface area contributed by atoms with Gasteiger partial charge in [-0.05, 0) is 38.7 Å². The maximum atomic E-state index is 13.1. The summed E-state index contributed by atoms with van der Waals surface area (Å²) in [5, 5.41) is 12.9. The highest BCUT2D eigenvalue weighted by Crippen LogP contribution is 2.25. The van der Waals surface area contributed by atoms with Gasteiger partial charge in [-0.3, -0.25) is 0 Å². The summed E-state index contributed by atoms with van der Waals surface area (Å²) in [5.41, 5.74) is 0.156. The number of aliphatic hydroxyl groups is 1. The summed E-state index contributed by atoms with van der Waals surface area (Å²) in [6, 6.07) is 4.51. The number of nitrogens with one attached hydrogen (secondary N) is 1. The van der Waals surface area contributed by atoms with E-state index < -0.39 is 11.4 Å². The van der Waals surface area contributed by atoms with Crippen LogP contribution in [-0.4, -0.2) is 43.8 Å². The molecule has 0 aliphatic rings. The van der Waals surface area contributed by atoms with E-state index in [9.17, 15) is 9.50 Å². The molecule has 0 spiro atoms. The van der Waals surface area contributed by atoms with Gasteiger partial charge in [-0.2, -0.15) is 0 Å². The molecule has 0 saturated carbocycles. The topological polar surface area (TPSA) is 35.5 Å². The molecule has 0 heterocycles. The van der Waals surface area contributed by atoms with E-state index in [0.29, 0.717) is 0 Å². The van der Waals surface area contributed by atoms with Crippen LogP contribution in [0.25, 0.3) is 0 Å². The van der Waals surface area contributed by atoms with E-state index >= 15 is 0 Å². The van der Waals surface area contributed by atoms with E-state index in [-0.39, 0.29) is 11.6 Å². The van der Waals surface area contributed by atoms with Gasteiger partial charge in [0.25, 0.3) is 0 Å². The molecular formula is C13H20ClFN2O. The number of halogens is 2. The number of rotatable bonds is 6. The second kappa shape index (κ2) is 6.48. The Morgan fingerprint density at radius 2 is 2.11 bits per heavy atom. The van der Waals surface area contributed by atoms with Crippen LogP contribution in [0.1, 0.15) is 12.5 Å². The average Bonchev–Trinajstić information content (AvgIpc) is 2.32. The number of hydrogen-bond donors (Lipinski definition) is 2. The highest BCUT2D eigenvalue weighted by atomic mass is 35.5. The maximum absolute atomic E-state index is 13.1. The van der Waals surface area contributed by atoms with Crippen molar-refractivity contribution in [3.63, 3.8) is 0 Å². The van der Waals surface area contributed by atoms with Gasteiger partial charge in [0, 0.05) is 13.1 Å². The molecule has 1 aromatic rings. The maximum Gasteiger partial charge on any atom is 0.141 e. The standard InChI is InChI=1S/C13H20ClFN2O/c1-13(9-18,16-6-7-17(2)3)10-4-5-12(15)11(14)8-10/h4-5,8,16,18H,6-7,9H2,1-3H3. The van der Waals surface area contributed by atoms with Gasteiger partial charge >= 0.3 is 0 Å². The van der Waals surface area contributed by atoms with E-state index in [1.807, 2.05) is 25.9 Å². The van der Waals surface area contributed by atoms with E-state index in [4.69, 9.17) is 11.6 Å². The zero-order valence-electron chi connectivity index (χ0n) is 11.0. The Morgan fingerprint density at radius 3 is 2.61 bits per heavy atom. The van der Waals surface area contributed by atoms with Crippen molar-refractivity contribution >= 4 is 11.6 Å². The molecule has 102 valence electrons. The molecule has 2 N–H and O–H groups in total. The van der Waals surface area contributed by atoms with Gasteiger partial charge in [-0.25, -0.2) is 4.39 Å². The summed E-state index contributed by atoms with van der Waals surface area (Å²) in [6.07, 6.45) is 0. The molecule has 0 radical (unpaired) electrons. The van der Waals surface area contributed by atoms with Crippen LogP contribution in [0.5, 0.6) is 0 Å². The largest absolute Gasteiger partial charge is 0.394 e. The summed E-state index contributed by atoms with van der Waals surface area (Å²) < 4.78 is 13.1. The van der Waals surface area contributed by atoms with Crippen LogP contribution in [0, 0.1) is 5.82 Å². The molecule has 1 aromatic carbocycles. The minimum Gasteiger partial charge on any atom is -0.394 e. The Balaban J connectivity index is 2.82. The van der Waals surface area contributed by atoms with Gasteiger partial charge in [0.1, 0.15) is 5.82 Å². The van der Waals surface area contributed by atoms with Crippen LogP contribution in [0.15, 0.2) is 18.2 Å². The zero-order chi connectivity index (χ0) is 13.8. The molecule has 18 heavy (non-hydrogen) atoms. The van der Waals surface area contributed by atoms with Gasteiger partial charge in [0.05, 0.1) is 17.2 Å². The van der Waals surface area contributed by atoms with Crippen molar-refractivity contribution in [1.82, 2.24) is 10.2 Å². The Kier molecular flexibility index (Phi) is 5.53. The summed E-state index contributed by atoms with van der Waals surface area (Å²) in [5.74, 6) is -0.450. The highest BCUT2D eigenvalue weighted by molar-refractivity contribution is 6.30. The van der Waals surface area contributed by atoms with Gasteiger partial charge < -0.3 is 15.3 Å². The van der Waals surface area contributed by atoms with Gasteiger partial charge in [0.15, 0.2) is 0 Å². The number of nitrogens with zero attached hydrogens (tertiary/aromatic N) is 1. The van der Waals surface area contributed by atoms with Crippen molar-refractivity contribution in [3.05, 3.63) is 34.6 Å². The van der Waals surface area contributed by atoms with Gasteiger partial charge in [-0.1, -0.05) is 17.7 Å². The van der Waals surface area contributed by atoms with Gasteiger partial charge in [0.2, 0.25) is 0 Å². The molecule has 0 saturated heterocycles. The predicted octanol–water partition coefficient (Wildman–Crippen LogP) is 1.84. The lowest BCUT2D eigenvalue weighted by Gasteiger charge is -2.30. The first-order chi connectivity index (χ1) is 8.39. The molecule has 0 bridgehead atoms. The van der Waals surface area contributed by atoms with E-state index in [0.717, 1.165) is 18.7 Å². The third kappa shape index (κ3) is 3.92. The van der Waals surface area contributed by atoms with Crippen molar-refractivity contribution in [2.45, 2.75) is 12.5 Å². The second-order valence-electron chi connectivity index (χ2n) is 4.85. The molecule has 0 amide bonds. The molecule has 3 nitrogen and oxygen atoms in total. The van der Waals surface area contributed by atoms with Crippen molar-refractivity contribution in [2.75, 3.05) is 33.8 Å². The number of benzene rings is 1. The Morgan fingerprint density at radius 1 is 1.44 bits per heavy atom. The summed E-state index contributed by atoms with van der Waals surface area (Å²) in [7, 11) is 3.96. The molecule has 1 atom stereocenters. The molecule has 1 rings (SSSR count). The van der Waals surface area contributed by atoms with E-state index in [2.05, 4.69) is 5.32 Å². The Labute approximate surface area is 113 Å². The minimum absolute atomic E-state index is 0.0709. The third-order valence-electron chi connectivity index (χ3n) is 2.95. The Hall–Kier alpha value is -0.680. The Bertz CT molecular complexity index is 401. The summed E-state index contributed by atoms with van der Waals surface area (Å²) >= 11 is 5.77. The number of hydrogen-bond acceptors (Lipinski definition) is 3. The van der Waals surface area contributed by atoms with Crippen LogP contribution < -0.4 is 5.32 Å². The van der Waals surface area contributed by atoms with Crippen LogP contribution in [-0.2, 0) is 5.54 Å². The molecule has 0 aliphatic heterocycles. The zero-order valence-corrected chi connectivity index (χ0v) is 11.8. The first-order valence-corrected chi connectivity index (χ1v) is 6.23. The van der Waals surface area contributed by atoms with E-state index in [1.54, 1.807) is 12.1 Å². The van der Waals surface area contributed by atoms with Crippen molar-refractivity contribution in [3.8, 4) is 0 Å². The first-order valence-electron chi connectivity index (χ1n) is 5.85. The van der Waals surface area contributed by atoms with Crippen LogP contribution >= 0.6 is 11.6 Å². The monoisotopic (exact) mass is 274 g/mol. The summed E-state index contributed by atoms with van der Waals surface area (Å²) in [4.78, 5) is 2.04. The van der Waals surface area contributed by atoms with E-state index in [1.165, 1.54) is 6.07 Å². The molecule has 0 fully saturated rings. The van der Waals surface area contributed by atoms with Crippen LogP contribution in [0.4, 0.5) is 4.39 Å². The number of likely N-dealkylation sites (N-methyl/N-ethyl adjacent to an activating group) is 1. The van der Waals surface area contributed by atoms with Crippen molar-refractivity contribution < 1.29 is 9.50 Å². The van der Waals surface area contributed by atoms with Crippen LogP contribution in [0.3, 0.4) is 0 Å². The van der Waals surface area contributed by atoms with Crippen LogP contribution in [0.2, 0.25) is 5.02 Å².